The van der Waals surface area contributed by atoms with E-state index in [4.69, 9.17) is 4.74 Å². The SMILES string of the molecule is CC(C)COCCCNC(=O)CC1CCCCN1. The molecule has 0 radical (unpaired) electrons. The highest BCUT2D eigenvalue weighted by atomic mass is 16.5. The summed E-state index contributed by atoms with van der Waals surface area (Å²) in [5, 5.41) is 6.35. The van der Waals surface area contributed by atoms with Crippen molar-refractivity contribution in [3.8, 4) is 0 Å². The summed E-state index contributed by atoms with van der Waals surface area (Å²) in [6.07, 6.45) is 5.13. The highest BCUT2D eigenvalue weighted by molar-refractivity contribution is 5.76. The molecule has 1 aliphatic heterocycles. The minimum absolute atomic E-state index is 0.165. The molecule has 1 unspecified atom stereocenters. The van der Waals surface area contributed by atoms with Crippen molar-refractivity contribution in [2.45, 2.75) is 52.0 Å². The summed E-state index contributed by atoms with van der Waals surface area (Å²) in [5.74, 6) is 0.746. The Hall–Kier alpha value is -0.610. The molecule has 4 heteroatoms. The first-order valence-electron chi connectivity index (χ1n) is 7.26. The maximum Gasteiger partial charge on any atom is 0.221 e. The number of hydrogen-bond acceptors (Lipinski definition) is 3. The average molecular weight is 256 g/mol. The van der Waals surface area contributed by atoms with Crippen LogP contribution in [-0.4, -0.2) is 38.3 Å². The molecular weight excluding hydrogens is 228 g/mol. The largest absolute Gasteiger partial charge is 0.381 e. The molecule has 0 saturated carbocycles. The lowest BCUT2D eigenvalue weighted by Gasteiger charge is -2.22. The van der Waals surface area contributed by atoms with Crippen LogP contribution in [0, 0.1) is 5.92 Å². The Labute approximate surface area is 111 Å². The van der Waals surface area contributed by atoms with Crippen molar-refractivity contribution >= 4 is 5.91 Å². The third-order valence-corrected chi connectivity index (χ3v) is 3.08. The van der Waals surface area contributed by atoms with Gasteiger partial charge in [-0.15, -0.1) is 0 Å². The first-order valence-corrected chi connectivity index (χ1v) is 7.26. The molecule has 1 saturated heterocycles. The van der Waals surface area contributed by atoms with E-state index in [0.717, 1.165) is 39.1 Å². The number of nitrogens with one attached hydrogen (secondary N) is 2. The van der Waals surface area contributed by atoms with Crippen molar-refractivity contribution in [3.63, 3.8) is 0 Å². The van der Waals surface area contributed by atoms with Crippen LogP contribution < -0.4 is 10.6 Å². The molecule has 1 rings (SSSR count). The normalized spacial score (nSPS) is 20.1. The molecular formula is C14H28N2O2. The fourth-order valence-corrected chi connectivity index (χ4v) is 2.12. The number of amides is 1. The second-order valence-corrected chi connectivity index (χ2v) is 5.52. The van der Waals surface area contributed by atoms with Gasteiger partial charge < -0.3 is 15.4 Å². The van der Waals surface area contributed by atoms with Gasteiger partial charge in [-0.2, -0.15) is 0 Å². The molecule has 0 aromatic heterocycles. The molecule has 1 atom stereocenters. The smallest absolute Gasteiger partial charge is 0.221 e. The lowest BCUT2D eigenvalue weighted by Crippen LogP contribution is -2.39. The maximum absolute atomic E-state index is 11.7. The van der Waals surface area contributed by atoms with Gasteiger partial charge in [-0.1, -0.05) is 20.3 Å². The Morgan fingerprint density at radius 3 is 2.94 bits per heavy atom. The summed E-state index contributed by atoms with van der Waals surface area (Å²) in [6, 6.07) is 0.385. The van der Waals surface area contributed by atoms with E-state index in [9.17, 15) is 4.79 Å². The van der Waals surface area contributed by atoms with Gasteiger partial charge in [0.2, 0.25) is 5.91 Å². The minimum atomic E-state index is 0.165. The van der Waals surface area contributed by atoms with Crippen LogP contribution in [0.15, 0.2) is 0 Å². The zero-order valence-electron chi connectivity index (χ0n) is 11.8. The first kappa shape index (κ1) is 15.4. The van der Waals surface area contributed by atoms with Crippen LogP contribution in [0.2, 0.25) is 0 Å². The van der Waals surface area contributed by atoms with Gasteiger partial charge in [-0.05, 0) is 31.7 Å². The molecule has 0 aromatic carbocycles. The van der Waals surface area contributed by atoms with E-state index in [0.29, 0.717) is 18.4 Å². The second kappa shape index (κ2) is 9.34. The van der Waals surface area contributed by atoms with Gasteiger partial charge in [-0.25, -0.2) is 0 Å². The summed E-state index contributed by atoms with van der Waals surface area (Å²) in [5.41, 5.74) is 0. The van der Waals surface area contributed by atoms with Crippen molar-refractivity contribution in [1.29, 1.82) is 0 Å². The second-order valence-electron chi connectivity index (χ2n) is 5.52. The Morgan fingerprint density at radius 2 is 2.28 bits per heavy atom. The van der Waals surface area contributed by atoms with Gasteiger partial charge in [0.1, 0.15) is 0 Å². The van der Waals surface area contributed by atoms with Gasteiger partial charge in [0, 0.05) is 32.2 Å². The van der Waals surface area contributed by atoms with E-state index < -0.39 is 0 Å². The first-order chi connectivity index (χ1) is 8.68. The molecule has 0 spiro atoms. The monoisotopic (exact) mass is 256 g/mol. The van der Waals surface area contributed by atoms with E-state index in [1.807, 2.05) is 0 Å². The predicted octanol–water partition coefficient (Wildman–Crippen LogP) is 1.70. The molecule has 2 N–H and O–H groups in total. The van der Waals surface area contributed by atoms with E-state index >= 15 is 0 Å². The highest BCUT2D eigenvalue weighted by Gasteiger charge is 2.15. The third-order valence-electron chi connectivity index (χ3n) is 3.08. The Morgan fingerprint density at radius 1 is 1.44 bits per heavy atom. The van der Waals surface area contributed by atoms with E-state index in [2.05, 4.69) is 24.5 Å². The Bertz CT molecular complexity index is 226. The van der Waals surface area contributed by atoms with Crippen LogP contribution in [0.3, 0.4) is 0 Å². The van der Waals surface area contributed by atoms with Crippen molar-refractivity contribution < 1.29 is 9.53 Å². The molecule has 0 bridgehead atoms. The standard InChI is InChI=1S/C14H28N2O2/c1-12(2)11-18-9-5-8-16-14(17)10-13-6-3-4-7-15-13/h12-13,15H,3-11H2,1-2H3,(H,16,17). The topological polar surface area (TPSA) is 50.4 Å². The number of carbonyl (C=O) groups excluding carboxylic acids is 1. The quantitative estimate of drug-likeness (QED) is 0.650. The van der Waals surface area contributed by atoms with Crippen molar-refractivity contribution in [2.24, 2.45) is 5.92 Å². The Kier molecular flexibility index (Phi) is 8.01. The van der Waals surface area contributed by atoms with Gasteiger partial charge >= 0.3 is 0 Å². The summed E-state index contributed by atoms with van der Waals surface area (Å²) < 4.78 is 5.46. The van der Waals surface area contributed by atoms with Crippen LogP contribution in [0.25, 0.3) is 0 Å². The molecule has 18 heavy (non-hydrogen) atoms. The van der Waals surface area contributed by atoms with Crippen molar-refractivity contribution in [1.82, 2.24) is 10.6 Å². The van der Waals surface area contributed by atoms with Crippen molar-refractivity contribution in [2.75, 3.05) is 26.3 Å². The zero-order chi connectivity index (χ0) is 13.2. The van der Waals surface area contributed by atoms with Gasteiger partial charge in [0.25, 0.3) is 0 Å². The van der Waals surface area contributed by atoms with Crippen LogP contribution in [0.1, 0.15) is 46.0 Å². The summed E-state index contributed by atoms with van der Waals surface area (Å²) in [7, 11) is 0. The average Bonchev–Trinajstić information content (AvgIpc) is 2.34. The predicted molar refractivity (Wildman–Crippen MR) is 73.5 cm³/mol. The van der Waals surface area contributed by atoms with E-state index in [1.165, 1.54) is 12.8 Å². The fourth-order valence-electron chi connectivity index (χ4n) is 2.12. The Balaban J connectivity index is 1.93. The van der Waals surface area contributed by atoms with Crippen LogP contribution >= 0.6 is 0 Å². The molecule has 1 fully saturated rings. The minimum Gasteiger partial charge on any atom is -0.381 e. The number of ether oxygens (including phenoxy) is 1. The van der Waals surface area contributed by atoms with Crippen LogP contribution in [0.5, 0.6) is 0 Å². The molecule has 1 aliphatic rings. The maximum atomic E-state index is 11.7. The third kappa shape index (κ3) is 7.67. The van der Waals surface area contributed by atoms with E-state index in [1.54, 1.807) is 0 Å². The van der Waals surface area contributed by atoms with E-state index in [-0.39, 0.29) is 5.91 Å². The zero-order valence-corrected chi connectivity index (χ0v) is 11.8. The molecule has 0 aliphatic carbocycles. The molecule has 4 nitrogen and oxygen atoms in total. The van der Waals surface area contributed by atoms with Crippen molar-refractivity contribution in [3.05, 3.63) is 0 Å². The fraction of sp³-hybridized carbons (Fsp3) is 0.929. The molecule has 1 heterocycles. The number of rotatable bonds is 8. The van der Waals surface area contributed by atoms with Crippen LogP contribution in [-0.2, 0) is 9.53 Å². The van der Waals surface area contributed by atoms with Gasteiger partial charge in [-0.3, -0.25) is 4.79 Å². The summed E-state index contributed by atoms with van der Waals surface area (Å²) >= 11 is 0. The lowest BCUT2D eigenvalue weighted by atomic mass is 10.0. The highest BCUT2D eigenvalue weighted by Crippen LogP contribution is 2.09. The molecule has 1 amide bonds. The van der Waals surface area contributed by atoms with Gasteiger partial charge in [0.15, 0.2) is 0 Å². The number of hydrogen-bond donors (Lipinski definition) is 2. The number of piperidine rings is 1. The van der Waals surface area contributed by atoms with Crippen LogP contribution in [0.4, 0.5) is 0 Å². The summed E-state index contributed by atoms with van der Waals surface area (Å²) in [4.78, 5) is 11.7. The summed E-state index contributed by atoms with van der Waals surface area (Å²) in [6.45, 7) is 7.60. The lowest BCUT2D eigenvalue weighted by molar-refractivity contribution is -0.121. The van der Waals surface area contributed by atoms with Gasteiger partial charge in [0.05, 0.1) is 0 Å². The molecule has 106 valence electrons. The number of carbonyl (C=O) groups is 1. The molecule has 0 aromatic rings.